The highest BCUT2D eigenvalue weighted by atomic mass is 16.5. The van der Waals surface area contributed by atoms with Gasteiger partial charge in [0.2, 0.25) is 0 Å². The molecule has 0 amide bonds. The monoisotopic (exact) mass is 217 g/mol. The molecule has 0 aromatic carbocycles. The number of methoxy groups -OCH3 is 1. The van der Waals surface area contributed by atoms with Crippen molar-refractivity contribution in [2.24, 2.45) is 0 Å². The molecule has 3 nitrogen and oxygen atoms in total. The van der Waals surface area contributed by atoms with Gasteiger partial charge < -0.3 is 14.7 Å². The van der Waals surface area contributed by atoms with E-state index in [1.807, 2.05) is 0 Å². The summed E-state index contributed by atoms with van der Waals surface area (Å²) < 4.78 is 4.89. The van der Waals surface area contributed by atoms with Crippen molar-refractivity contribution in [3.05, 3.63) is 0 Å². The first-order valence-corrected chi connectivity index (χ1v) is 6.06. The third-order valence-corrected chi connectivity index (χ3v) is 2.52. The van der Waals surface area contributed by atoms with E-state index in [-0.39, 0.29) is 6.10 Å². The molecule has 0 aliphatic rings. The Labute approximate surface area is 94.4 Å². The Bertz CT molecular complexity index is 131. The lowest BCUT2D eigenvalue weighted by molar-refractivity contribution is 0.0430. The number of nitrogens with zero attached hydrogens (tertiary/aromatic N) is 1. The summed E-state index contributed by atoms with van der Waals surface area (Å²) in [7, 11) is 3.67. The summed E-state index contributed by atoms with van der Waals surface area (Å²) in [6, 6.07) is 0. The zero-order valence-corrected chi connectivity index (χ0v) is 10.5. The van der Waals surface area contributed by atoms with E-state index >= 15 is 0 Å². The molecule has 0 bridgehead atoms. The molecule has 1 unspecified atom stereocenters. The number of unbranched alkanes of at least 4 members (excludes halogenated alkanes) is 4. The molecule has 0 heterocycles. The van der Waals surface area contributed by atoms with Crippen LogP contribution in [0.4, 0.5) is 0 Å². The maximum Gasteiger partial charge on any atom is 0.0899 e. The highest BCUT2D eigenvalue weighted by molar-refractivity contribution is 4.60. The summed E-state index contributed by atoms with van der Waals surface area (Å²) in [5.74, 6) is 0. The Hall–Kier alpha value is -0.120. The van der Waals surface area contributed by atoms with Crippen molar-refractivity contribution in [2.45, 2.75) is 45.1 Å². The van der Waals surface area contributed by atoms with E-state index in [2.05, 4.69) is 18.9 Å². The third kappa shape index (κ3) is 10.2. The minimum Gasteiger partial charge on any atom is -0.389 e. The van der Waals surface area contributed by atoms with Gasteiger partial charge in [0.25, 0.3) is 0 Å². The SMILES string of the molecule is CCCCCCCN(C)CC(O)COC. The van der Waals surface area contributed by atoms with Crippen LogP contribution in [0, 0.1) is 0 Å². The van der Waals surface area contributed by atoms with Gasteiger partial charge in [-0.1, -0.05) is 32.6 Å². The lowest BCUT2D eigenvalue weighted by Gasteiger charge is -2.19. The predicted octanol–water partition coefficient (Wildman–Crippen LogP) is 1.90. The van der Waals surface area contributed by atoms with Crippen LogP contribution < -0.4 is 0 Å². The van der Waals surface area contributed by atoms with Gasteiger partial charge in [0.1, 0.15) is 0 Å². The quantitative estimate of drug-likeness (QED) is 0.567. The molecule has 0 saturated heterocycles. The third-order valence-electron chi connectivity index (χ3n) is 2.52. The molecule has 0 aliphatic heterocycles. The summed E-state index contributed by atoms with van der Waals surface area (Å²) >= 11 is 0. The standard InChI is InChI=1S/C12H27NO2/c1-4-5-6-7-8-9-13(2)10-12(14)11-15-3/h12,14H,4-11H2,1-3H3. The van der Waals surface area contributed by atoms with Crippen LogP contribution in [0.3, 0.4) is 0 Å². The van der Waals surface area contributed by atoms with Crippen molar-refractivity contribution in [2.75, 3.05) is 33.9 Å². The van der Waals surface area contributed by atoms with Gasteiger partial charge in [0.05, 0.1) is 12.7 Å². The summed E-state index contributed by atoms with van der Waals surface area (Å²) in [6.45, 7) is 4.44. The fraction of sp³-hybridized carbons (Fsp3) is 1.00. The topological polar surface area (TPSA) is 32.7 Å². The fourth-order valence-corrected chi connectivity index (χ4v) is 1.68. The van der Waals surface area contributed by atoms with Gasteiger partial charge in [0, 0.05) is 13.7 Å². The average Bonchev–Trinajstić information content (AvgIpc) is 2.17. The van der Waals surface area contributed by atoms with Crippen LogP contribution in [0.15, 0.2) is 0 Å². The molecule has 1 N–H and O–H groups in total. The molecule has 0 rings (SSSR count). The number of likely N-dealkylation sites (N-methyl/N-ethyl adjacent to an activating group) is 1. The largest absolute Gasteiger partial charge is 0.389 e. The van der Waals surface area contributed by atoms with Crippen LogP contribution in [0.25, 0.3) is 0 Å². The van der Waals surface area contributed by atoms with Crippen molar-refractivity contribution in [3.8, 4) is 0 Å². The molecule has 0 fully saturated rings. The van der Waals surface area contributed by atoms with Crippen LogP contribution in [0.2, 0.25) is 0 Å². The van der Waals surface area contributed by atoms with Gasteiger partial charge in [-0.3, -0.25) is 0 Å². The Morgan fingerprint density at radius 3 is 2.47 bits per heavy atom. The van der Waals surface area contributed by atoms with Crippen molar-refractivity contribution >= 4 is 0 Å². The maximum atomic E-state index is 9.49. The van der Waals surface area contributed by atoms with E-state index in [1.54, 1.807) is 7.11 Å². The van der Waals surface area contributed by atoms with Crippen LogP contribution in [0.1, 0.15) is 39.0 Å². The Morgan fingerprint density at radius 1 is 1.20 bits per heavy atom. The van der Waals surface area contributed by atoms with E-state index in [9.17, 15) is 5.11 Å². The second-order valence-electron chi connectivity index (χ2n) is 4.29. The van der Waals surface area contributed by atoms with Crippen LogP contribution in [-0.4, -0.2) is 50.0 Å². The second kappa shape index (κ2) is 10.4. The molecular formula is C12H27NO2. The Kier molecular flexibility index (Phi) is 10.3. The van der Waals surface area contributed by atoms with Crippen LogP contribution >= 0.6 is 0 Å². The lowest BCUT2D eigenvalue weighted by Crippen LogP contribution is -2.32. The summed E-state index contributed by atoms with van der Waals surface area (Å²) in [6.07, 6.45) is 6.16. The number of hydrogen-bond donors (Lipinski definition) is 1. The van der Waals surface area contributed by atoms with Crippen molar-refractivity contribution in [1.82, 2.24) is 4.90 Å². The highest BCUT2D eigenvalue weighted by Crippen LogP contribution is 2.03. The molecule has 0 radical (unpaired) electrons. The molecule has 3 heteroatoms. The minimum atomic E-state index is -0.351. The van der Waals surface area contributed by atoms with Gasteiger partial charge in [-0.15, -0.1) is 0 Å². The smallest absolute Gasteiger partial charge is 0.0899 e. The number of hydrogen-bond acceptors (Lipinski definition) is 3. The van der Waals surface area contributed by atoms with Crippen molar-refractivity contribution in [1.29, 1.82) is 0 Å². The van der Waals surface area contributed by atoms with Gasteiger partial charge >= 0.3 is 0 Å². The zero-order chi connectivity index (χ0) is 11.5. The zero-order valence-electron chi connectivity index (χ0n) is 10.5. The molecular weight excluding hydrogens is 190 g/mol. The van der Waals surface area contributed by atoms with E-state index < -0.39 is 0 Å². The summed E-state index contributed by atoms with van der Waals surface area (Å²) in [4.78, 5) is 2.18. The molecule has 92 valence electrons. The van der Waals surface area contributed by atoms with E-state index in [0.717, 1.165) is 6.54 Å². The van der Waals surface area contributed by atoms with E-state index in [4.69, 9.17) is 4.74 Å². The minimum absolute atomic E-state index is 0.351. The number of aliphatic hydroxyl groups excluding tert-OH is 1. The normalized spacial score (nSPS) is 13.4. The molecule has 0 aromatic heterocycles. The van der Waals surface area contributed by atoms with Gasteiger partial charge in [0.15, 0.2) is 0 Å². The molecule has 0 saturated carbocycles. The number of ether oxygens (including phenoxy) is 1. The van der Waals surface area contributed by atoms with Gasteiger partial charge in [-0.2, -0.15) is 0 Å². The summed E-state index contributed by atoms with van der Waals surface area (Å²) in [5.41, 5.74) is 0. The van der Waals surface area contributed by atoms with Crippen LogP contribution in [0.5, 0.6) is 0 Å². The highest BCUT2D eigenvalue weighted by Gasteiger charge is 2.06. The second-order valence-corrected chi connectivity index (χ2v) is 4.29. The first-order valence-electron chi connectivity index (χ1n) is 6.06. The molecule has 15 heavy (non-hydrogen) atoms. The van der Waals surface area contributed by atoms with E-state index in [0.29, 0.717) is 13.2 Å². The van der Waals surface area contributed by atoms with Crippen molar-refractivity contribution < 1.29 is 9.84 Å². The van der Waals surface area contributed by atoms with Gasteiger partial charge in [-0.25, -0.2) is 0 Å². The molecule has 0 aromatic rings. The molecule has 0 spiro atoms. The summed E-state index contributed by atoms with van der Waals surface area (Å²) in [5, 5.41) is 9.49. The predicted molar refractivity (Wildman–Crippen MR) is 64.1 cm³/mol. The molecule has 0 aliphatic carbocycles. The number of aliphatic hydroxyl groups is 1. The first kappa shape index (κ1) is 14.9. The molecule has 1 atom stereocenters. The van der Waals surface area contributed by atoms with Crippen LogP contribution in [-0.2, 0) is 4.74 Å². The first-order chi connectivity index (χ1) is 7.20. The van der Waals surface area contributed by atoms with Gasteiger partial charge in [-0.05, 0) is 20.0 Å². The van der Waals surface area contributed by atoms with Crippen molar-refractivity contribution in [3.63, 3.8) is 0 Å². The maximum absolute atomic E-state index is 9.49. The van der Waals surface area contributed by atoms with E-state index in [1.165, 1.54) is 32.1 Å². The lowest BCUT2D eigenvalue weighted by atomic mass is 10.1. The average molecular weight is 217 g/mol. The number of rotatable bonds is 10. The Morgan fingerprint density at radius 2 is 1.87 bits per heavy atom. The fourth-order valence-electron chi connectivity index (χ4n) is 1.68. The Balaban J connectivity index is 3.28.